The first kappa shape index (κ1) is 15.0. The Morgan fingerprint density at radius 3 is 2.91 bits per heavy atom. The average Bonchev–Trinajstić information content (AvgIpc) is 3.00. The molecule has 23 heavy (non-hydrogen) atoms. The van der Waals surface area contributed by atoms with Crippen molar-refractivity contribution in [3.05, 3.63) is 42.0 Å². The van der Waals surface area contributed by atoms with Crippen LogP contribution in [0.25, 0.3) is 16.9 Å². The summed E-state index contributed by atoms with van der Waals surface area (Å²) in [6, 6.07) is 5.69. The molecule has 0 aliphatic rings. The number of fused-ring (bicyclic) bond motifs is 1. The van der Waals surface area contributed by atoms with Gasteiger partial charge in [0.05, 0.1) is 12.1 Å². The lowest BCUT2D eigenvalue weighted by molar-refractivity contribution is 0.210. The van der Waals surface area contributed by atoms with E-state index in [-0.39, 0.29) is 0 Å². The number of imidazole rings is 1. The Bertz CT molecular complexity index is 878. The highest BCUT2D eigenvalue weighted by Crippen LogP contribution is 2.23. The minimum absolute atomic E-state index is 0.570. The van der Waals surface area contributed by atoms with Crippen molar-refractivity contribution in [2.45, 2.75) is 6.92 Å². The van der Waals surface area contributed by atoms with Crippen LogP contribution in [0.4, 0.5) is 5.82 Å². The van der Waals surface area contributed by atoms with E-state index in [1.54, 1.807) is 13.3 Å². The molecule has 0 radical (unpaired) electrons. The first-order chi connectivity index (χ1) is 11.2. The number of hydrogen-bond donors (Lipinski definition) is 1. The van der Waals surface area contributed by atoms with Gasteiger partial charge in [-0.1, -0.05) is 5.92 Å². The number of aromatic nitrogens is 4. The molecule has 3 rings (SSSR count). The number of nitrogens with zero attached hydrogens (tertiary/aromatic N) is 4. The van der Waals surface area contributed by atoms with E-state index in [2.05, 4.69) is 26.2 Å². The molecular formula is C17H17N5O. The van der Waals surface area contributed by atoms with Crippen LogP contribution in [0, 0.1) is 19.3 Å². The second-order valence-corrected chi connectivity index (χ2v) is 5.01. The van der Waals surface area contributed by atoms with Crippen molar-refractivity contribution < 1.29 is 4.74 Å². The van der Waals surface area contributed by atoms with Crippen LogP contribution in [-0.4, -0.2) is 39.8 Å². The maximum Gasteiger partial charge on any atom is 0.237 e. The fourth-order valence-electron chi connectivity index (χ4n) is 2.31. The van der Waals surface area contributed by atoms with Gasteiger partial charge < -0.3 is 10.1 Å². The normalized spacial score (nSPS) is 10.7. The van der Waals surface area contributed by atoms with Crippen LogP contribution >= 0.6 is 0 Å². The Kier molecular flexibility index (Phi) is 4.22. The number of benzene rings is 1. The minimum atomic E-state index is 0.570. The number of rotatable bonds is 5. The summed E-state index contributed by atoms with van der Waals surface area (Å²) >= 11 is 0. The van der Waals surface area contributed by atoms with E-state index in [1.807, 2.05) is 35.9 Å². The summed E-state index contributed by atoms with van der Waals surface area (Å²) in [4.78, 5) is 13.5. The van der Waals surface area contributed by atoms with E-state index >= 15 is 0 Å². The minimum Gasteiger partial charge on any atom is -0.383 e. The highest BCUT2D eigenvalue weighted by molar-refractivity contribution is 5.90. The van der Waals surface area contributed by atoms with Crippen molar-refractivity contribution in [2.24, 2.45) is 0 Å². The van der Waals surface area contributed by atoms with Gasteiger partial charge in [0, 0.05) is 37.0 Å². The molecule has 0 amide bonds. The molecule has 2 heterocycles. The van der Waals surface area contributed by atoms with Crippen LogP contribution in [0.1, 0.15) is 11.4 Å². The highest BCUT2D eigenvalue weighted by Gasteiger charge is 2.11. The Balaban J connectivity index is 2.14. The maximum atomic E-state index is 5.50. The molecule has 1 N–H and O–H groups in total. The molecule has 0 fully saturated rings. The predicted molar refractivity (Wildman–Crippen MR) is 89.7 cm³/mol. The van der Waals surface area contributed by atoms with Crippen molar-refractivity contribution in [3.8, 4) is 18.3 Å². The van der Waals surface area contributed by atoms with Gasteiger partial charge >= 0.3 is 0 Å². The topological polar surface area (TPSA) is 64.9 Å². The highest BCUT2D eigenvalue weighted by atomic mass is 16.5. The van der Waals surface area contributed by atoms with Gasteiger partial charge in [-0.2, -0.15) is 4.98 Å². The number of anilines is 1. The lowest BCUT2D eigenvalue weighted by atomic mass is 10.1. The van der Waals surface area contributed by atoms with E-state index in [0.717, 1.165) is 28.1 Å². The van der Waals surface area contributed by atoms with Crippen LogP contribution < -0.4 is 5.32 Å². The van der Waals surface area contributed by atoms with Crippen molar-refractivity contribution in [1.29, 1.82) is 0 Å². The summed E-state index contributed by atoms with van der Waals surface area (Å²) < 4.78 is 6.93. The molecular weight excluding hydrogens is 290 g/mol. The molecule has 0 unspecified atom stereocenters. The summed E-state index contributed by atoms with van der Waals surface area (Å²) in [5.41, 5.74) is 1.62. The van der Waals surface area contributed by atoms with Crippen LogP contribution in [0.15, 0.2) is 30.6 Å². The van der Waals surface area contributed by atoms with Crippen molar-refractivity contribution in [1.82, 2.24) is 19.5 Å². The molecule has 0 atom stereocenters. The molecule has 6 heteroatoms. The molecule has 116 valence electrons. The Morgan fingerprint density at radius 1 is 1.35 bits per heavy atom. The van der Waals surface area contributed by atoms with Gasteiger partial charge in [0.1, 0.15) is 11.6 Å². The van der Waals surface area contributed by atoms with Gasteiger partial charge in [0.2, 0.25) is 5.95 Å². The third-order valence-corrected chi connectivity index (χ3v) is 3.49. The first-order valence-corrected chi connectivity index (χ1v) is 7.24. The standard InChI is InChI=1S/C17H17N5O/c1-4-13-5-6-15-14(11-13)16(19-8-10-23-3)21-17(20-15)22-9-7-18-12(22)2/h1,5-7,9,11H,8,10H2,2-3H3,(H,19,20,21). The molecule has 0 aliphatic carbocycles. The second-order valence-electron chi connectivity index (χ2n) is 5.01. The average molecular weight is 307 g/mol. The monoisotopic (exact) mass is 307 g/mol. The van der Waals surface area contributed by atoms with Crippen molar-refractivity contribution >= 4 is 16.7 Å². The van der Waals surface area contributed by atoms with E-state index in [9.17, 15) is 0 Å². The van der Waals surface area contributed by atoms with Gasteiger partial charge in [-0.15, -0.1) is 6.42 Å². The lowest BCUT2D eigenvalue weighted by Gasteiger charge is -2.12. The molecule has 0 saturated heterocycles. The molecule has 0 aliphatic heterocycles. The van der Waals surface area contributed by atoms with Crippen LogP contribution in [0.5, 0.6) is 0 Å². The fourth-order valence-corrected chi connectivity index (χ4v) is 2.31. The Labute approximate surface area is 134 Å². The molecule has 1 aromatic carbocycles. The van der Waals surface area contributed by atoms with E-state index in [1.165, 1.54) is 0 Å². The fraction of sp³-hybridized carbons (Fsp3) is 0.235. The van der Waals surface area contributed by atoms with Gasteiger partial charge in [-0.05, 0) is 25.1 Å². The summed E-state index contributed by atoms with van der Waals surface area (Å²) in [6.45, 7) is 3.14. The van der Waals surface area contributed by atoms with Crippen molar-refractivity contribution in [3.63, 3.8) is 0 Å². The molecule has 0 bridgehead atoms. The van der Waals surface area contributed by atoms with Crippen molar-refractivity contribution in [2.75, 3.05) is 25.6 Å². The number of ether oxygens (including phenoxy) is 1. The molecule has 3 aromatic rings. The zero-order chi connectivity index (χ0) is 16.2. The summed E-state index contributed by atoms with van der Waals surface area (Å²) in [5, 5.41) is 4.17. The van der Waals surface area contributed by atoms with Gasteiger partial charge in [-0.25, -0.2) is 9.97 Å². The summed E-state index contributed by atoms with van der Waals surface area (Å²) in [7, 11) is 1.66. The van der Waals surface area contributed by atoms with Crippen LogP contribution in [-0.2, 0) is 4.74 Å². The first-order valence-electron chi connectivity index (χ1n) is 7.24. The third-order valence-electron chi connectivity index (χ3n) is 3.49. The quantitative estimate of drug-likeness (QED) is 0.578. The SMILES string of the molecule is C#Cc1ccc2nc(-n3ccnc3C)nc(NCCOC)c2c1. The summed E-state index contributed by atoms with van der Waals surface area (Å²) in [5.74, 6) is 4.77. The zero-order valence-electron chi connectivity index (χ0n) is 13.1. The summed E-state index contributed by atoms with van der Waals surface area (Å²) in [6.07, 6.45) is 9.06. The number of hydrogen-bond acceptors (Lipinski definition) is 5. The number of aryl methyl sites for hydroxylation is 1. The largest absolute Gasteiger partial charge is 0.383 e. The van der Waals surface area contributed by atoms with E-state index in [0.29, 0.717) is 19.1 Å². The molecule has 2 aromatic heterocycles. The number of methoxy groups -OCH3 is 1. The molecule has 6 nitrogen and oxygen atoms in total. The maximum absolute atomic E-state index is 5.50. The van der Waals surface area contributed by atoms with Gasteiger partial charge in [0.15, 0.2) is 0 Å². The number of nitrogens with one attached hydrogen (secondary N) is 1. The van der Waals surface area contributed by atoms with Gasteiger partial charge in [0.25, 0.3) is 0 Å². The predicted octanol–water partition coefficient (Wildman–Crippen LogP) is 2.16. The van der Waals surface area contributed by atoms with Crippen LogP contribution in [0.3, 0.4) is 0 Å². The molecule has 0 spiro atoms. The second kappa shape index (κ2) is 6.46. The third kappa shape index (κ3) is 3.00. The van der Waals surface area contributed by atoms with E-state index in [4.69, 9.17) is 11.2 Å². The Morgan fingerprint density at radius 2 is 2.22 bits per heavy atom. The van der Waals surface area contributed by atoms with E-state index < -0.39 is 0 Å². The lowest BCUT2D eigenvalue weighted by Crippen LogP contribution is -2.12. The number of terminal acetylenes is 1. The smallest absolute Gasteiger partial charge is 0.237 e. The zero-order valence-corrected chi connectivity index (χ0v) is 13.1. The van der Waals surface area contributed by atoms with Gasteiger partial charge in [-0.3, -0.25) is 4.57 Å². The molecule has 0 saturated carbocycles. The Hall–Kier alpha value is -2.91. The van der Waals surface area contributed by atoms with Crippen LogP contribution in [0.2, 0.25) is 0 Å².